The fraction of sp³-hybridized carbons (Fsp3) is 0.417. The van der Waals surface area contributed by atoms with E-state index in [1.165, 1.54) is 0 Å². The molecular formula is C12H15ClO2. The summed E-state index contributed by atoms with van der Waals surface area (Å²) in [4.78, 5) is 10.3. The lowest BCUT2D eigenvalue weighted by Crippen LogP contribution is -1.95. The maximum Gasteiger partial charge on any atom is 0.303 e. The molecule has 1 aromatic rings. The summed E-state index contributed by atoms with van der Waals surface area (Å²) in [6, 6.07) is 5.98. The smallest absolute Gasteiger partial charge is 0.303 e. The first kappa shape index (κ1) is 12.1. The zero-order chi connectivity index (χ0) is 11.3. The van der Waals surface area contributed by atoms with Crippen LogP contribution in [0, 0.1) is 6.92 Å². The zero-order valence-electron chi connectivity index (χ0n) is 8.79. The molecule has 0 spiro atoms. The molecule has 1 N–H and O–H groups in total. The third-order valence-corrected chi connectivity index (χ3v) is 2.65. The maximum absolute atomic E-state index is 10.3. The second-order valence-corrected chi connectivity index (χ2v) is 4.10. The Morgan fingerprint density at radius 3 is 2.73 bits per heavy atom. The highest BCUT2D eigenvalue weighted by Gasteiger charge is 2.01. The minimum Gasteiger partial charge on any atom is -0.481 e. The SMILES string of the molecule is Cc1ccc(CCCCC(=O)O)c(Cl)c1. The predicted octanol–water partition coefficient (Wildman–Crippen LogP) is 3.45. The van der Waals surface area contributed by atoms with E-state index >= 15 is 0 Å². The molecular weight excluding hydrogens is 212 g/mol. The maximum atomic E-state index is 10.3. The van der Waals surface area contributed by atoms with Crippen LogP contribution in [-0.4, -0.2) is 11.1 Å². The Labute approximate surface area is 94.9 Å². The van der Waals surface area contributed by atoms with Crippen molar-refractivity contribution in [2.24, 2.45) is 0 Å². The summed E-state index contributed by atoms with van der Waals surface area (Å²) in [5, 5.41) is 9.26. The molecule has 1 aromatic carbocycles. The Morgan fingerprint density at radius 1 is 1.40 bits per heavy atom. The number of aliphatic carboxylic acids is 1. The summed E-state index contributed by atoms with van der Waals surface area (Å²) < 4.78 is 0. The van der Waals surface area contributed by atoms with Crippen molar-refractivity contribution in [3.05, 3.63) is 34.3 Å². The Hall–Kier alpha value is -1.02. The van der Waals surface area contributed by atoms with E-state index in [0.29, 0.717) is 6.42 Å². The number of carboxylic acids is 1. The highest BCUT2D eigenvalue weighted by molar-refractivity contribution is 6.31. The van der Waals surface area contributed by atoms with E-state index in [9.17, 15) is 4.79 Å². The Balaban J connectivity index is 2.40. The van der Waals surface area contributed by atoms with Gasteiger partial charge in [-0.2, -0.15) is 0 Å². The lowest BCUT2D eigenvalue weighted by Gasteiger charge is -2.04. The lowest BCUT2D eigenvalue weighted by atomic mass is 10.1. The van der Waals surface area contributed by atoms with Gasteiger partial charge in [0.1, 0.15) is 0 Å². The van der Waals surface area contributed by atoms with Crippen molar-refractivity contribution in [2.75, 3.05) is 0 Å². The van der Waals surface area contributed by atoms with E-state index in [4.69, 9.17) is 16.7 Å². The molecule has 0 aliphatic heterocycles. The monoisotopic (exact) mass is 226 g/mol. The molecule has 0 radical (unpaired) electrons. The molecule has 0 unspecified atom stereocenters. The minimum atomic E-state index is -0.731. The zero-order valence-corrected chi connectivity index (χ0v) is 9.55. The fourth-order valence-electron chi connectivity index (χ4n) is 1.45. The van der Waals surface area contributed by atoms with Crippen molar-refractivity contribution in [1.29, 1.82) is 0 Å². The second kappa shape index (κ2) is 5.76. The van der Waals surface area contributed by atoms with Crippen LogP contribution < -0.4 is 0 Å². The number of carbonyl (C=O) groups is 1. The third-order valence-electron chi connectivity index (χ3n) is 2.30. The van der Waals surface area contributed by atoms with E-state index in [2.05, 4.69) is 0 Å². The van der Waals surface area contributed by atoms with Crippen LogP contribution in [0.1, 0.15) is 30.4 Å². The molecule has 0 saturated heterocycles. The normalized spacial score (nSPS) is 10.3. The van der Waals surface area contributed by atoms with Crippen molar-refractivity contribution in [2.45, 2.75) is 32.6 Å². The number of rotatable bonds is 5. The summed E-state index contributed by atoms with van der Waals surface area (Å²) in [6.45, 7) is 2.00. The average Bonchev–Trinajstić information content (AvgIpc) is 2.14. The number of hydrogen-bond acceptors (Lipinski definition) is 1. The topological polar surface area (TPSA) is 37.3 Å². The van der Waals surface area contributed by atoms with E-state index in [-0.39, 0.29) is 6.42 Å². The van der Waals surface area contributed by atoms with E-state index in [1.807, 2.05) is 25.1 Å². The van der Waals surface area contributed by atoms with Gasteiger partial charge >= 0.3 is 5.97 Å². The van der Waals surface area contributed by atoms with Gasteiger partial charge in [-0.15, -0.1) is 0 Å². The molecule has 3 heteroatoms. The van der Waals surface area contributed by atoms with Crippen LogP contribution in [0.2, 0.25) is 5.02 Å². The Morgan fingerprint density at radius 2 is 2.13 bits per heavy atom. The predicted molar refractivity (Wildman–Crippen MR) is 61.4 cm³/mol. The minimum absolute atomic E-state index is 0.240. The van der Waals surface area contributed by atoms with Crippen LogP contribution >= 0.6 is 11.6 Å². The molecule has 1 rings (SSSR count). The molecule has 0 amide bonds. The number of aryl methyl sites for hydroxylation is 2. The molecule has 82 valence electrons. The molecule has 0 aliphatic carbocycles. The summed E-state index contributed by atoms with van der Waals surface area (Å²) >= 11 is 6.05. The van der Waals surface area contributed by atoms with Crippen LogP contribution in [0.15, 0.2) is 18.2 Å². The molecule has 0 saturated carbocycles. The quantitative estimate of drug-likeness (QED) is 0.781. The van der Waals surface area contributed by atoms with E-state index in [1.54, 1.807) is 0 Å². The van der Waals surface area contributed by atoms with Crippen molar-refractivity contribution < 1.29 is 9.90 Å². The number of unbranched alkanes of at least 4 members (excludes halogenated alkanes) is 1. The van der Waals surface area contributed by atoms with Crippen LogP contribution in [0.25, 0.3) is 0 Å². The van der Waals surface area contributed by atoms with Crippen LogP contribution in [0.4, 0.5) is 0 Å². The fourth-order valence-corrected chi connectivity index (χ4v) is 1.78. The lowest BCUT2D eigenvalue weighted by molar-refractivity contribution is -0.137. The van der Waals surface area contributed by atoms with Gasteiger partial charge in [0, 0.05) is 11.4 Å². The Bertz CT molecular complexity index is 347. The van der Waals surface area contributed by atoms with Gasteiger partial charge in [-0.05, 0) is 43.4 Å². The Kier molecular flexibility index (Phi) is 4.63. The van der Waals surface area contributed by atoms with Gasteiger partial charge in [0.05, 0.1) is 0 Å². The van der Waals surface area contributed by atoms with Crippen molar-refractivity contribution in [3.63, 3.8) is 0 Å². The van der Waals surface area contributed by atoms with Gasteiger partial charge in [0.15, 0.2) is 0 Å². The number of hydrogen-bond donors (Lipinski definition) is 1. The van der Waals surface area contributed by atoms with Crippen LogP contribution in [-0.2, 0) is 11.2 Å². The van der Waals surface area contributed by atoms with Gasteiger partial charge < -0.3 is 5.11 Å². The number of halogens is 1. The van der Waals surface area contributed by atoms with Crippen LogP contribution in [0.5, 0.6) is 0 Å². The summed E-state index contributed by atoms with van der Waals surface area (Å²) in [7, 11) is 0. The highest BCUT2D eigenvalue weighted by Crippen LogP contribution is 2.19. The molecule has 0 atom stereocenters. The highest BCUT2D eigenvalue weighted by atomic mass is 35.5. The van der Waals surface area contributed by atoms with Gasteiger partial charge in [-0.1, -0.05) is 23.7 Å². The molecule has 0 bridgehead atoms. The summed E-state index contributed by atoms with van der Waals surface area (Å²) in [5.41, 5.74) is 2.25. The summed E-state index contributed by atoms with van der Waals surface area (Å²) in [5.74, 6) is -0.731. The second-order valence-electron chi connectivity index (χ2n) is 3.70. The third kappa shape index (κ3) is 4.34. The molecule has 0 fully saturated rings. The van der Waals surface area contributed by atoms with E-state index in [0.717, 1.165) is 29.0 Å². The first-order valence-corrected chi connectivity index (χ1v) is 5.44. The number of benzene rings is 1. The molecule has 0 aromatic heterocycles. The number of carboxylic acid groups (broad SMARTS) is 1. The summed E-state index contributed by atoms with van der Waals surface area (Å²) in [6.07, 6.45) is 2.67. The molecule has 0 aliphatic rings. The molecule has 15 heavy (non-hydrogen) atoms. The van der Waals surface area contributed by atoms with Crippen molar-refractivity contribution >= 4 is 17.6 Å². The van der Waals surface area contributed by atoms with Crippen molar-refractivity contribution in [1.82, 2.24) is 0 Å². The van der Waals surface area contributed by atoms with Gasteiger partial charge in [-0.3, -0.25) is 4.79 Å². The first-order chi connectivity index (χ1) is 7.09. The van der Waals surface area contributed by atoms with Gasteiger partial charge in [0.25, 0.3) is 0 Å². The van der Waals surface area contributed by atoms with Gasteiger partial charge in [-0.25, -0.2) is 0 Å². The molecule has 0 heterocycles. The first-order valence-electron chi connectivity index (χ1n) is 5.06. The largest absolute Gasteiger partial charge is 0.481 e. The average molecular weight is 227 g/mol. The van der Waals surface area contributed by atoms with Crippen molar-refractivity contribution in [3.8, 4) is 0 Å². The standard InChI is InChI=1S/C12H15ClO2/c1-9-6-7-10(11(13)8-9)4-2-3-5-12(14)15/h6-8H,2-5H2,1H3,(H,14,15). The van der Waals surface area contributed by atoms with E-state index < -0.39 is 5.97 Å². The van der Waals surface area contributed by atoms with Crippen LogP contribution in [0.3, 0.4) is 0 Å². The molecule has 2 nitrogen and oxygen atoms in total. The van der Waals surface area contributed by atoms with Gasteiger partial charge in [0.2, 0.25) is 0 Å².